The predicted molar refractivity (Wildman–Crippen MR) is 67.8 cm³/mol. The van der Waals surface area contributed by atoms with Crippen LogP contribution in [-0.2, 0) is 0 Å². The second-order valence-corrected chi connectivity index (χ2v) is 5.21. The number of carbonyl (C=O) groups is 1. The molecule has 0 radical (unpaired) electrons. The highest BCUT2D eigenvalue weighted by Gasteiger charge is 2.18. The van der Waals surface area contributed by atoms with E-state index in [0.717, 1.165) is 11.0 Å². The minimum Gasteiger partial charge on any atom is -0.309 e. The van der Waals surface area contributed by atoms with Crippen LogP contribution in [0.1, 0.15) is 36.8 Å². The Morgan fingerprint density at radius 3 is 2.69 bits per heavy atom. The Bertz CT molecular complexity index is 371. The van der Waals surface area contributed by atoms with Gasteiger partial charge in [-0.1, -0.05) is 0 Å². The van der Waals surface area contributed by atoms with Crippen LogP contribution in [0, 0.1) is 0 Å². The molecule has 0 N–H and O–H groups in total. The van der Waals surface area contributed by atoms with Crippen LogP contribution in [0.4, 0.5) is 0 Å². The summed E-state index contributed by atoms with van der Waals surface area (Å²) in [4.78, 5) is 14.0. The van der Waals surface area contributed by atoms with Crippen LogP contribution in [-0.4, -0.2) is 41.1 Å². The maximum atomic E-state index is 12.0. The number of ketones is 1. The van der Waals surface area contributed by atoms with Gasteiger partial charge in [0.2, 0.25) is 0 Å². The van der Waals surface area contributed by atoms with Gasteiger partial charge < -0.3 is 4.90 Å². The van der Waals surface area contributed by atoms with Crippen LogP contribution in [0.3, 0.4) is 0 Å². The van der Waals surface area contributed by atoms with Crippen molar-refractivity contribution in [1.29, 1.82) is 0 Å². The molecule has 5 heteroatoms. The van der Waals surface area contributed by atoms with Crippen molar-refractivity contribution in [2.45, 2.75) is 26.3 Å². The fraction of sp³-hybridized carbons (Fsp3) is 0.636. The Morgan fingerprint density at radius 2 is 2.19 bits per heavy atom. The van der Waals surface area contributed by atoms with Gasteiger partial charge in [-0.2, -0.15) is 5.10 Å². The number of carbonyl (C=O) groups excluding carboxylic acids is 1. The van der Waals surface area contributed by atoms with Gasteiger partial charge in [0.15, 0.2) is 5.78 Å². The van der Waals surface area contributed by atoms with E-state index in [1.165, 1.54) is 0 Å². The third-order valence-electron chi connectivity index (χ3n) is 2.29. The predicted octanol–water partition coefficient (Wildman–Crippen LogP) is 2.36. The molecule has 0 aliphatic heterocycles. The van der Waals surface area contributed by atoms with Crippen LogP contribution in [0.2, 0.25) is 0 Å². The van der Waals surface area contributed by atoms with E-state index in [1.54, 1.807) is 10.9 Å². The van der Waals surface area contributed by atoms with Crippen LogP contribution in [0.25, 0.3) is 0 Å². The minimum absolute atomic E-state index is 0.131. The number of hydrogen-bond donors (Lipinski definition) is 0. The van der Waals surface area contributed by atoms with Crippen molar-refractivity contribution in [3.05, 3.63) is 16.4 Å². The molecule has 0 atom stereocenters. The number of Topliss-reactive ketones (excluding diaryl/α,β-unsaturated/α-hetero) is 1. The van der Waals surface area contributed by atoms with E-state index in [1.807, 2.05) is 32.8 Å². The molecule has 16 heavy (non-hydrogen) atoms. The average Bonchev–Trinajstić information content (AvgIpc) is 2.56. The summed E-state index contributed by atoms with van der Waals surface area (Å²) < 4.78 is 2.55. The summed E-state index contributed by atoms with van der Waals surface area (Å²) in [5, 5.41) is 4.20. The van der Waals surface area contributed by atoms with Crippen LogP contribution in [0.15, 0.2) is 10.7 Å². The minimum atomic E-state index is 0.131. The molecular formula is C11H18BrN3O. The molecule has 0 bridgehead atoms. The van der Waals surface area contributed by atoms with Gasteiger partial charge in [-0.25, -0.2) is 0 Å². The van der Waals surface area contributed by atoms with Crippen LogP contribution < -0.4 is 0 Å². The van der Waals surface area contributed by atoms with Gasteiger partial charge in [-0.05, 0) is 43.9 Å². The molecule has 0 unspecified atom stereocenters. The zero-order chi connectivity index (χ0) is 12.3. The van der Waals surface area contributed by atoms with Crippen molar-refractivity contribution in [2.24, 2.45) is 0 Å². The molecule has 0 amide bonds. The van der Waals surface area contributed by atoms with Crippen molar-refractivity contribution >= 4 is 21.7 Å². The lowest BCUT2D eigenvalue weighted by atomic mass is 10.2. The van der Waals surface area contributed by atoms with Crippen LogP contribution >= 0.6 is 15.9 Å². The third-order valence-corrected chi connectivity index (χ3v) is 2.87. The molecule has 0 saturated heterocycles. The van der Waals surface area contributed by atoms with Gasteiger partial charge in [-0.15, -0.1) is 0 Å². The monoisotopic (exact) mass is 287 g/mol. The molecule has 0 aliphatic carbocycles. The zero-order valence-corrected chi connectivity index (χ0v) is 11.8. The first-order valence-electron chi connectivity index (χ1n) is 5.34. The Hall–Kier alpha value is -0.680. The average molecular weight is 288 g/mol. The van der Waals surface area contributed by atoms with Crippen molar-refractivity contribution < 1.29 is 4.79 Å². The van der Waals surface area contributed by atoms with Crippen molar-refractivity contribution in [1.82, 2.24) is 14.7 Å². The lowest BCUT2D eigenvalue weighted by Gasteiger charge is -2.12. The van der Waals surface area contributed by atoms with E-state index in [9.17, 15) is 4.79 Å². The van der Waals surface area contributed by atoms with E-state index in [-0.39, 0.29) is 11.8 Å². The summed E-state index contributed by atoms with van der Waals surface area (Å²) in [5.41, 5.74) is 0.678. The summed E-state index contributed by atoms with van der Waals surface area (Å²) in [5.74, 6) is 0.131. The van der Waals surface area contributed by atoms with E-state index in [2.05, 4.69) is 21.0 Å². The molecule has 0 saturated carbocycles. The van der Waals surface area contributed by atoms with E-state index < -0.39 is 0 Å². The number of nitrogens with zero attached hydrogens (tertiary/aromatic N) is 3. The highest BCUT2D eigenvalue weighted by Crippen LogP contribution is 2.20. The Kier molecular flexibility index (Phi) is 4.68. The summed E-state index contributed by atoms with van der Waals surface area (Å²) in [7, 11) is 3.92. The molecule has 1 aromatic rings. The smallest absolute Gasteiger partial charge is 0.183 e. The molecular weight excluding hydrogens is 270 g/mol. The van der Waals surface area contributed by atoms with Gasteiger partial charge in [0.25, 0.3) is 0 Å². The molecule has 0 spiro atoms. The maximum Gasteiger partial charge on any atom is 0.183 e. The Morgan fingerprint density at radius 1 is 1.56 bits per heavy atom. The number of rotatable bonds is 5. The first-order chi connectivity index (χ1) is 7.43. The second kappa shape index (κ2) is 5.59. The molecule has 0 aromatic carbocycles. The largest absolute Gasteiger partial charge is 0.309 e. The molecule has 0 aliphatic rings. The Labute approximate surface area is 105 Å². The first kappa shape index (κ1) is 13.4. The van der Waals surface area contributed by atoms with E-state index in [0.29, 0.717) is 12.1 Å². The summed E-state index contributed by atoms with van der Waals surface area (Å²) in [6.07, 6.45) is 2.20. The van der Waals surface area contributed by atoms with Gasteiger partial charge in [0.05, 0.1) is 10.7 Å². The van der Waals surface area contributed by atoms with Gasteiger partial charge in [-0.3, -0.25) is 9.48 Å². The second-order valence-electron chi connectivity index (χ2n) is 4.36. The topological polar surface area (TPSA) is 38.1 Å². The number of halogens is 1. The highest BCUT2D eigenvalue weighted by molar-refractivity contribution is 9.10. The zero-order valence-electron chi connectivity index (χ0n) is 10.2. The number of hydrogen-bond acceptors (Lipinski definition) is 3. The Balaban J connectivity index is 2.85. The molecule has 1 rings (SSSR count). The molecule has 0 fully saturated rings. The van der Waals surface area contributed by atoms with E-state index >= 15 is 0 Å². The summed E-state index contributed by atoms with van der Waals surface area (Å²) >= 11 is 3.38. The lowest BCUT2D eigenvalue weighted by molar-refractivity contribution is 0.0959. The van der Waals surface area contributed by atoms with Crippen molar-refractivity contribution in [3.63, 3.8) is 0 Å². The number of aromatic nitrogens is 2. The summed E-state index contributed by atoms with van der Waals surface area (Å²) in [6.45, 7) is 4.79. The van der Waals surface area contributed by atoms with Crippen molar-refractivity contribution in [3.8, 4) is 0 Å². The molecule has 1 aromatic heterocycles. The van der Waals surface area contributed by atoms with Crippen LogP contribution in [0.5, 0.6) is 0 Å². The summed E-state index contributed by atoms with van der Waals surface area (Å²) in [6, 6.07) is 0.199. The highest BCUT2D eigenvalue weighted by atomic mass is 79.9. The SMILES string of the molecule is CC(C)n1ncc(Br)c1C(=O)CCN(C)C. The normalized spacial score (nSPS) is 11.4. The first-order valence-corrected chi connectivity index (χ1v) is 6.13. The third kappa shape index (κ3) is 3.15. The fourth-order valence-corrected chi connectivity index (χ4v) is 1.93. The molecule has 90 valence electrons. The molecule has 1 heterocycles. The quantitative estimate of drug-likeness (QED) is 0.781. The van der Waals surface area contributed by atoms with E-state index in [4.69, 9.17) is 0 Å². The maximum absolute atomic E-state index is 12.0. The van der Waals surface area contributed by atoms with Crippen molar-refractivity contribution in [2.75, 3.05) is 20.6 Å². The lowest BCUT2D eigenvalue weighted by Crippen LogP contribution is -2.19. The van der Waals surface area contributed by atoms with Gasteiger partial charge >= 0.3 is 0 Å². The van der Waals surface area contributed by atoms with Gasteiger partial charge in [0.1, 0.15) is 5.69 Å². The molecule has 4 nitrogen and oxygen atoms in total. The fourth-order valence-electron chi connectivity index (χ4n) is 1.44. The standard InChI is InChI=1S/C11H18BrN3O/c1-8(2)15-11(9(12)7-13-15)10(16)5-6-14(3)4/h7-8H,5-6H2,1-4H3. The van der Waals surface area contributed by atoms with Gasteiger partial charge in [0, 0.05) is 19.0 Å².